The van der Waals surface area contributed by atoms with Crippen LogP contribution in [-0.2, 0) is 0 Å². The van der Waals surface area contributed by atoms with E-state index in [1.54, 1.807) is 0 Å². The van der Waals surface area contributed by atoms with Crippen molar-refractivity contribution < 1.29 is 0 Å². The molecule has 1 aromatic rings. The van der Waals surface area contributed by atoms with Crippen LogP contribution in [0.4, 0.5) is 0 Å². The Hall–Kier alpha value is -0.0265. The van der Waals surface area contributed by atoms with Crippen molar-refractivity contribution in [3.05, 3.63) is 35.9 Å². The Morgan fingerprint density at radius 2 is 0.952 bits per heavy atom. The minimum atomic E-state index is 0.120. The van der Waals surface area contributed by atoms with Crippen molar-refractivity contribution in [2.75, 3.05) is 0 Å². The Morgan fingerprint density at radius 1 is 0.667 bits per heavy atom. The van der Waals surface area contributed by atoms with Crippen LogP contribution < -0.4 is 0 Å². The van der Waals surface area contributed by atoms with Crippen LogP contribution in [0.2, 0.25) is 58.9 Å². The summed E-state index contributed by atoms with van der Waals surface area (Å²) in [6.45, 7) is 20.4. The first kappa shape index (κ1) is 25.9. The van der Waals surface area contributed by atoms with Crippen molar-refractivity contribution in [3.8, 4) is 10.7 Å². The van der Waals surface area contributed by atoms with Crippen LogP contribution in [0.1, 0.15) is 5.56 Å². The summed E-state index contributed by atoms with van der Waals surface area (Å²) < 4.78 is 2.83. The second kappa shape index (κ2) is 20.0. The van der Waals surface area contributed by atoms with Gasteiger partial charge in [-0.2, -0.15) is 0 Å². The Morgan fingerprint density at radius 3 is 1.19 bits per heavy atom. The number of hydrogen-bond acceptors (Lipinski definition) is 0. The summed E-state index contributed by atoms with van der Waals surface area (Å²) in [5, 5.41) is 0. The quantitative estimate of drug-likeness (QED) is 0.416. The van der Waals surface area contributed by atoms with Gasteiger partial charge in [0.1, 0.15) is 0 Å². The third-order valence-electron chi connectivity index (χ3n) is 0.981. The average molecular weight is 393 g/mol. The monoisotopic (exact) mass is 394 g/mol. The van der Waals surface area contributed by atoms with Gasteiger partial charge in [-0.1, -0.05) is 58.9 Å². The zero-order valence-electron chi connectivity index (χ0n) is 15.4. The molecule has 0 aromatic heterocycles. The van der Waals surface area contributed by atoms with Gasteiger partial charge in [-0.3, -0.25) is 0 Å². The molecule has 0 aliphatic carbocycles. The summed E-state index contributed by atoms with van der Waals surface area (Å²) in [5.41, 5.74) is 1.08. The molecule has 0 atom stereocenters. The van der Waals surface area contributed by atoms with Crippen molar-refractivity contribution in [3.63, 3.8) is 0 Å². The summed E-state index contributed by atoms with van der Waals surface area (Å²) in [6.07, 6.45) is 0. The van der Waals surface area contributed by atoms with Crippen LogP contribution in [0, 0.1) is 10.7 Å². The van der Waals surface area contributed by atoms with E-state index in [0.29, 0.717) is 0 Å². The first-order valence-corrected chi connectivity index (χ1v) is 17.2. The molecular weight excluding hydrogens is 361 g/mol. The molecule has 0 saturated heterocycles. The minimum absolute atomic E-state index is 0.120. The van der Waals surface area contributed by atoms with Crippen molar-refractivity contribution in [1.82, 2.24) is 0 Å². The van der Waals surface area contributed by atoms with Crippen molar-refractivity contribution in [1.29, 1.82) is 0 Å². The van der Waals surface area contributed by atoms with Crippen LogP contribution >= 0.6 is 0 Å². The molecule has 4 heteroatoms. The second-order valence-corrected chi connectivity index (χ2v) is 15.6. The zero-order chi connectivity index (χ0) is 17.3. The van der Waals surface area contributed by atoms with Gasteiger partial charge in [-0.05, 0) is 0 Å². The summed E-state index contributed by atoms with van der Waals surface area (Å²) in [5.74, 6) is 2.96. The molecule has 6 radical (unpaired) electrons. The van der Waals surface area contributed by atoms with Crippen LogP contribution in [0.15, 0.2) is 30.3 Å². The summed E-state index contributed by atoms with van der Waals surface area (Å²) in [7, 11) is 0.361. The topological polar surface area (TPSA) is 0 Å². The van der Waals surface area contributed by atoms with Gasteiger partial charge in [-0.15, -0.1) is 0 Å². The van der Waals surface area contributed by atoms with E-state index in [-0.39, 0.29) is 26.4 Å². The maximum atomic E-state index is 2.96. The molecule has 0 spiro atoms. The Labute approximate surface area is 148 Å². The van der Waals surface area contributed by atoms with Crippen LogP contribution in [0.25, 0.3) is 0 Å². The molecule has 0 unspecified atom stereocenters. The molecule has 0 N–H and O–H groups in total. The number of hydrogen-bond donors (Lipinski definition) is 0. The average Bonchev–Trinajstić information content (AvgIpc) is 2.28. The predicted octanol–water partition coefficient (Wildman–Crippen LogP) is 5.28. The molecule has 0 aliphatic heterocycles. The van der Waals surface area contributed by atoms with E-state index in [1.807, 2.05) is 46.8 Å². The molecular formula is C17H32GeSi3. The van der Waals surface area contributed by atoms with Crippen LogP contribution in [-0.4, -0.2) is 42.9 Å². The van der Waals surface area contributed by atoms with Crippen molar-refractivity contribution in [2.45, 2.75) is 58.9 Å². The van der Waals surface area contributed by atoms with E-state index in [4.69, 9.17) is 0 Å². The normalized spacial score (nSPS) is 8.43. The summed E-state index contributed by atoms with van der Waals surface area (Å²) in [6, 6.07) is 9.95. The van der Waals surface area contributed by atoms with E-state index in [0.717, 1.165) is 5.56 Å². The molecule has 0 aliphatic rings. The second-order valence-electron chi connectivity index (χ2n) is 6.12. The van der Waals surface area contributed by atoms with Gasteiger partial charge in [0.2, 0.25) is 0 Å². The van der Waals surface area contributed by atoms with Crippen LogP contribution in [0.5, 0.6) is 0 Å². The molecule has 116 valence electrons. The Balaban J connectivity index is -0.000000230. The zero-order valence-corrected chi connectivity index (χ0v) is 20.5. The van der Waals surface area contributed by atoms with Crippen molar-refractivity contribution in [2.24, 2.45) is 0 Å². The summed E-state index contributed by atoms with van der Waals surface area (Å²) in [4.78, 5) is 0. The van der Waals surface area contributed by atoms with Gasteiger partial charge < -0.3 is 0 Å². The molecule has 0 saturated carbocycles. The molecule has 0 amide bonds. The third kappa shape index (κ3) is 53.6. The fraction of sp³-hybridized carbons (Fsp3) is 0.529. The standard InChI is InChI=1S/C8H5Ge.3C3H9Si/c9-7-6-8-4-2-1-3-5-8;3*1-4(2)3/h1-5H;3*1-3H3. The van der Waals surface area contributed by atoms with E-state index in [1.165, 1.54) is 0 Å². The van der Waals surface area contributed by atoms with E-state index >= 15 is 0 Å². The maximum absolute atomic E-state index is 2.96. The van der Waals surface area contributed by atoms with Crippen molar-refractivity contribution >= 4 is 42.9 Å². The SMILES string of the molecule is C[Si](C)C.C[Si](C)C.C[Si](C)C.[Ge][C]#Cc1ccccc1. The molecule has 0 fully saturated rings. The molecule has 0 heterocycles. The molecule has 1 aromatic carbocycles. The van der Waals surface area contributed by atoms with E-state index in [9.17, 15) is 0 Å². The fourth-order valence-corrected chi connectivity index (χ4v) is 0.896. The fourth-order valence-electron chi connectivity index (χ4n) is 0.594. The van der Waals surface area contributed by atoms with Gasteiger partial charge in [0.05, 0.1) is 0 Å². The molecule has 0 bridgehead atoms. The first-order valence-electron chi connectivity index (χ1n) is 7.16. The predicted molar refractivity (Wildman–Crippen MR) is 109 cm³/mol. The van der Waals surface area contributed by atoms with Gasteiger partial charge in [0.15, 0.2) is 0 Å². The molecule has 1 rings (SSSR count). The summed E-state index contributed by atoms with van der Waals surface area (Å²) >= 11 is 1.84. The Kier molecular flexibility index (Phi) is 24.6. The van der Waals surface area contributed by atoms with Gasteiger partial charge in [0, 0.05) is 26.4 Å². The Bertz CT molecular complexity index is 329. The van der Waals surface area contributed by atoms with Gasteiger partial charge in [-0.25, -0.2) is 0 Å². The van der Waals surface area contributed by atoms with Gasteiger partial charge in [0.25, 0.3) is 0 Å². The van der Waals surface area contributed by atoms with Gasteiger partial charge >= 0.3 is 63.1 Å². The van der Waals surface area contributed by atoms with Crippen LogP contribution in [0.3, 0.4) is 0 Å². The first-order chi connectivity index (χ1) is 9.63. The number of benzene rings is 1. The third-order valence-corrected chi connectivity index (χ3v) is 1.24. The number of rotatable bonds is 0. The van der Waals surface area contributed by atoms with E-state index in [2.05, 4.69) is 69.6 Å². The molecule has 0 nitrogen and oxygen atoms in total. The molecule has 21 heavy (non-hydrogen) atoms. The van der Waals surface area contributed by atoms with E-state index < -0.39 is 0 Å².